The zero-order valence-corrected chi connectivity index (χ0v) is 8.33. The minimum atomic E-state index is 0.0117. The standard InChI is InChI=1S/C9H16N4/c1-4-9(2,3)6-5-12-8(11)13-7(6)10/h5H,4H2,1-3H3,(H4,10,11,12,13). The van der Waals surface area contributed by atoms with Crippen LogP contribution >= 0.6 is 0 Å². The van der Waals surface area contributed by atoms with E-state index in [1.54, 1.807) is 6.20 Å². The van der Waals surface area contributed by atoms with Gasteiger partial charge in [0.25, 0.3) is 0 Å². The number of aromatic nitrogens is 2. The normalized spacial score (nSPS) is 11.6. The van der Waals surface area contributed by atoms with E-state index in [4.69, 9.17) is 11.5 Å². The van der Waals surface area contributed by atoms with E-state index in [-0.39, 0.29) is 11.4 Å². The van der Waals surface area contributed by atoms with Gasteiger partial charge in [-0.25, -0.2) is 4.98 Å². The van der Waals surface area contributed by atoms with E-state index >= 15 is 0 Å². The minimum Gasteiger partial charge on any atom is -0.383 e. The molecule has 0 bridgehead atoms. The van der Waals surface area contributed by atoms with Gasteiger partial charge in [-0.2, -0.15) is 4.98 Å². The monoisotopic (exact) mass is 180 g/mol. The Morgan fingerprint density at radius 3 is 2.46 bits per heavy atom. The van der Waals surface area contributed by atoms with Gasteiger partial charge in [-0.1, -0.05) is 20.8 Å². The molecule has 0 fully saturated rings. The third-order valence-corrected chi connectivity index (χ3v) is 2.45. The van der Waals surface area contributed by atoms with Gasteiger partial charge in [-0.15, -0.1) is 0 Å². The van der Waals surface area contributed by atoms with Crippen LogP contribution in [0.1, 0.15) is 32.8 Å². The summed E-state index contributed by atoms with van der Waals surface area (Å²) in [7, 11) is 0. The number of hydrogen-bond acceptors (Lipinski definition) is 4. The lowest BCUT2D eigenvalue weighted by Gasteiger charge is -2.23. The molecule has 1 heterocycles. The van der Waals surface area contributed by atoms with Crippen LogP contribution in [0.5, 0.6) is 0 Å². The van der Waals surface area contributed by atoms with Crippen LogP contribution in [-0.2, 0) is 5.41 Å². The van der Waals surface area contributed by atoms with Gasteiger partial charge in [0.15, 0.2) is 0 Å². The van der Waals surface area contributed by atoms with E-state index in [0.717, 1.165) is 12.0 Å². The maximum atomic E-state index is 5.75. The number of nitrogen functional groups attached to an aromatic ring is 2. The van der Waals surface area contributed by atoms with Gasteiger partial charge >= 0.3 is 0 Å². The summed E-state index contributed by atoms with van der Waals surface area (Å²) in [6.07, 6.45) is 2.70. The molecular formula is C9H16N4. The molecule has 0 amide bonds. The average molecular weight is 180 g/mol. The molecule has 0 aromatic carbocycles. The number of hydrogen-bond donors (Lipinski definition) is 2. The van der Waals surface area contributed by atoms with E-state index in [1.807, 2.05) is 0 Å². The Hall–Kier alpha value is -1.32. The van der Waals surface area contributed by atoms with Crippen molar-refractivity contribution in [2.45, 2.75) is 32.6 Å². The molecule has 0 aliphatic heterocycles. The third kappa shape index (κ3) is 1.88. The smallest absolute Gasteiger partial charge is 0.221 e. The molecule has 0 unspecified atom stereocenters. The van der Waals surface area contributed by atoms with E-state index in [1.165, 1.54) is 0 Å². The van der Waals surface area contributed by atoms with Crippen molar-refractivity contribution < 1.29 is 0 Å². The molecule has 0 spiro atoms. The van der Waals surface area contributed by atoms with Crippen molar-refractivity contribution in [1.29, 1.82) is 0 Å². The molecule has 1 aromatic rings. The summed E-state index contributed by atoms with van der Waals surface area (Å²) < 4.78 is 0. The zero-order valence-electron chi connectivity index (χ0n) is 8.33. The van der Waals surface area contributed by atoms with E-state index in [2.05, 4.69) is 30.7 Å². The molecule has 1 rings (SSSR count). The Labute approximate surface area is 78.4 Å². The molecule has 4 N–H and O–H groups in total. The predicted molar refractivity (Wildman–Crippen MR) is 54.2 cm³/mol. The van der Waals surface area contributed by atoms with Crippen molar-refractivity contribution in [2.24, 2.45) is 0 Å². The highest BCUT2D eigenvalue weighted by atomic mass is 15.0. The van der Waals surface area contributed by atoms with Gasteiger partial charge in [0.2, 0.25) is 5.95 Å². The molecule has 72 valence electrons. The lowest BCUT2D eigenvalue weighted by Crippen LogP contribution is -2.19. The average Bonchev–Trinajstić information content (AvgIpc) is 2.03. The zero-order chi connectivity index (χ0) is 10.1. The topological polar surface area (TPSA) is 77.8 Å². The van der Waals surface area contributed by atoms with E-state index in [9.17, 15) is 0 Å². The Morgan fingerprint density at radius 1 is 1.38 bits per heavy atom. The van der Waals surface area contributed by atoms with Gasteiger partial charge in [-0.05, 0) is 11.8 Å². The summed E-state index contributed by atoms with van der Waals surface area (Å²) in [6, 6.07) is 0. The van der Waals surface area contributed by atoms with Gasteiger partial charge in [0.05, 0.1) is 0 Å². The number of nitrogens with zero attached hydrogens (tertiary/aromatic N) is 2. The fraction of sp³-hybridized carbons (Fsp3) is 0.556. The Morgan fingerprint density at radius 2 is 2.00 bits per heavy atom. The van der Waals surface area contributed by atoms with Crippen LogP contribution in [-0.4, -0.2) is 9.97 Å². The second kappa shape index (κ2) is 3.20. The van der Waals surface area contributed by atoms with Crippen LogP contribution in [0.15, 0.2) is 6.20 Å². The predicted octanol–water partition coefficient (Wildman–Crippen LogP) is 1.33. The molecule has 4 nitrogen and oxygen atoms in total. The molecule has 0 radical (unpaired) electrons. The van der Waals surface area contributed by atoms with E-state index in [0.29, 0.717) is 5.82 Å². The van der Waals surface area contributed by atoms with Crippen LogP contribution in [0.25, 0.3) is 0 Å². The maximum Gasteiger partial charge on any atom is 0.221 e. The lowest BCUT2D eigenvalue weighted by molar-refractivity contribution is 0.505. The molecule has 0 aliphatic rings. The Kier molecular flexibility index (Phi) is 2.40. The molecule has 13 heavy (non-hydrogen) atoms. The molecule has 0 atom stereocenters. The number of anilines is 2. The molecular weight excluding hydrogens is 164 g/mol. The largest absolute Gasteiger partial charge is 0.383 e. The first-order chi connectivity index (χ1) is 5.97. The van der Waals surface area contributed by atoms with Gasteiger partial charge in [0.1, 0.15) is 5.82 Å². The highest BCUT2D eigenvalue weighted by molar-refractivity contribution is 5.45. The lowest BCUT2D eigenvalue weighted by atomic mass is 9.83. The summed E-state index contributed by atoms with van der Waals surface area (Å²) in [5.41, 5.74) is 12.1. The van der Waals surface area contributed by atoms with Gasteiger partial charge in [-0.3, -0.25) is 0 Å². The first kappa shape index (κ1) is 9.77. The highest BCUT2D eigenvalue weighted by Gasteiger charge is 2.21. The quantitative estimate of drug-likeness (QED) is 0.719. The van der Waals surface area contributed by atoms with Crippen molar-refractivity contribution in [1.82, 2.24) is 9.97 Å². The molecule has 0 saturated carbocycles. The number of rotatable bonds is 2. The second-order valence-corrected chi connectivity index (χ2v) is 3.76. The van der Waals surface area contributed by atoms with Gasteiger partial charge in [0, 0.05) is 11.8 Å². The first-order valence-electron chi connectivity index (χ1n) is 4.36. The maximum absolute atomic E-state index is 5.75. The van der Waals surface area contributed by atoms with Crippen LogP contribution in [0.2, 0.25) is 0 Å². The SMILES string of the molecule is CCC(C)(C)c1cnc(N)nc1N. The first-order valence-corrected chi connectivity index (χ1v) is 4.36. The summed E-state index contributed by atoms with van der Waals surface area (Å²) in [5.74, 6) is 0.715. The summed E-state index contributed by atoms with van der Waals surface area (Å²) in [6.45, 7) is 6.33. The van der Waals surface area contributed by atoms with Crippen LogP contribution < -0.4 is 11.5 Å². The highest BCUT2D eigenvalue weighted by Crippen LogP contribution is 2.29. The van der Waals surface area contributed by atoms with Crippen LogP contribution in [0.3, 0.4) is 0 Å². The van der Waals surface area contributed by atoms with Gasteiger partial charge < -0.3 is 11.5 Å². The molecule has 0 saturated heterocycles. The van der Waals surface area contributed by atoms with Crippen molar-refractivity contribution in [3.05, 3.63) is 11.8 Å². The van der Waals surface area contributed by atoms with Crippen molar-refractivity contribution in [2.75, 3.05) is 11.5 Å². The van der Waals surface area contributed by atoms with Crippen molar-refractivity contribution in [3.63, 3.8) is 0 Å². The number of nitrogens with two attached hydrogens (primary N) is 2. The second-order valence-electron chi connectivity index (χ2n) is 3.76. The Bertz CT molecular complexity index is 306. The Balaban J connectivity index is 3.16. The molecule has 1 aromatic heterocycles. The van der Waals surface area contributed by atoms with Crippen molar-refractivity contribution in [3.8, 4) is 0 Å². The van der Waals surface area contributed by atoms with Crippen LogP contribution in [0.4, 0.5) is 11.8 Å². The van der Waals surface area contributed by atoms with Crippen LogP contribution in [0, 0.1) is 0 Å². The summed E-state index contributed by atoms with van der Waals surface area (Å²) >= 11 is 0. The summed E-state index contributed by atoms with van der Waals surface area (Å²) in [4.78, 5) is 7.87. The summed E-state index contributed by atoms with van der Waals surface area (Å²) in [5, 5.41) is 0. The van der Waals surface area contributed by atoms with Crippen molar-refractivity contribution >= 4 is 11.8 Å². The molecule has 0 aliphatic carbocycles. The molecule has 4 heteroatoms. The minimum absolute atomic E-state index is 0.0117. The fourth-order valence-electron chi connectivity index (χ4n) is 1.12. The third-order valence-electron chi connectivity index (χ3n) is 2.45. The fourth-order valence-corrected chi connectivity index (χ4v) is 1.12. The van der Waals surface area contributed by atoms with E-state index < -0.39 is 0 Å².